The van der Waals surface area contributed by atoms with E-state index in [9.17, 15) is 9.59 Å². The Kier molecular flexibility index (Phi) is 6.77. The van der Waals surface area contributed by atoms with E-state index in [0.717, 1.165) is 22.6 Å². The first kappa shape index (κ1) is 21.8. The number of nitrogens with zero attached hydrogens (tertiary/aromatic N) is 3. The number of hydrogen-bond acceptors (Lipinski definition) is 4. The van der Waals surface area contributed by atoms with Crippen LogP contribution in [0.2, 0.25) is 5.02 Å². The number of rotatable bonds is 6. The summed E-state index contributed by atoms with van der Waals surface area (Å²) >= 11 is 6.37. The van der Waals surface area contributed by atoms with Crippen molar-refractivity contribution in [3.8, 4) is 5.75 Å². The van der Waals surface area contributed by atoms with E-state index in [2.05, 4.69) is 5.10 Å². The molecule has 1 atom stereocenters. The maximum absolute atomic E-state index is 13.1. The van der Waals surface area contributed by atoms with Crippen molar-refractivity contribution in [2.45, 2.75) is 26.3 Å². The third kappa shape index (κ3) is 4.65. The minimum Gasteiger partial charge on any atom is -0.497 e. The van der Waals surface area contributed by atoms with Gasteiger partial charge in [-0.1, -0.05) is 55.8 Å². The maximum Gasteiger partial charge on any atom is 0.262 e. The van der Waals surface area contributed by atoms with Crippen molar-refractivity contribution in [1.29, 1.82) is 0 Å². The molecule has 0 spiro atoms. The van der Waals surface area contributed by atoms with Crippen molar-refractivity contribution in [2.75, 3.05) is 20.7 Å². The van der Waals surface area contributed by atoms with Crippen LogP contribution in [-0.4, -0.2) is 48.1 Å². The van der Waals surface area contributed by atoms with Crippen LogP contribution in [0.15, 0.2) is 53.6 Å². The minimum absolute atomic E-state index is 0.0387. The van der Waals surface area contributed by atoms with Gasteiger partial charge in [0.2, 0.25) is 5.91 Å². The Morgan fingerprint density at radius 2 is 1.87 bits per heavy atom. The summed E-state index contributed by atoms with van der Waals surface area (Å²) in [5, 5.41) is 6.69. The van der Waals surface area contributed by atoms with E-state index >= 15 is 0 Å². The molecule has 6 nitrogen and oxygen atoms in total. The van der Waals surface area contributed by atoms with E-state index in [0.29, 0.717) is 11.4 Å². The molecule has 0 saturated heterocycles. The Morgan fingerprint density at radius 3 is 2.47 bits per heavy atom. The van der Waals surface area contributed by atoms with Crippen LogP contribution in [-0.2, 0) is 9.59 Å². The number of carbonyl (C=O) groups excluding carboxylic acids is 2. The molecule has 158 valence electrons. The molecule has 0 aliphatic carbocycles. The summed E-state index contributed by atoms with van der Waals surface area (Å²) in [4.78, 5) is 26.8. The molecular weight excluding hydrogens is 402 g/mol. The zero-order valence-corrected chi connectivity index (χ0v) is 18.4. The summed E-state index contributed by atoms with van der Waals surface area (Å²) in [6, 6.07) is 14.8. The van der Waals surface area contributed by atoms with Crippen LogP contribution >= 0.6 is 11.6 Å². The molecule has 1 aliphatic heterocycles. The normalized spacial score (nSPS) is 15.9. The first-order valence-corrected chi connectivity index (χ1v) is 10.2. The molecule has 0 fully saturated rings. The summed E-state index contributed by atoms with van der Waals surface area (Å²) in [5.74, 6) is 0.235. The fourth-order valence-corrected chi connectivity index (χ4v) is 3.72. The summed E-state index contributed by atoms with van der Waals surface area (Å²) in [6.07, 6.45) is 0.531. The van der Waals surface area contributed by atoms with E-state index in [4.69, 9.17) is 16.3 Å². The summed E-state index contributed by atoms with van der Waals surface area (Å²) in [5.41, 5.74) is 2.49. The molecule has 0 N–H and O–H groups in total. The monoisotopic (exact) mass is 427 g/mol. The van der Waals surface area contributed by atoms with E-state index in [1.807, 2.05) is 56.3 Å². The zero-order chi connectivity index (χ0) is 21.8. The van der Waals surface area contributed by atoms with Crippen LogP contribution in [0.25, 0.3) is 0 Å². The van der Waals surface area contributed by atoms with Gasteiger partial charge in [-0.2, -0.15) is 5.10 Å². The molecule has 2 aromatic rings. The Labute approximate surface area is 182 Å². The molecular formula is C23H26ClN3O3. The van der Waals surface area contributed by atoms with Crippen LogP contribution in [0.3, 0.4) is 0 Å². The largest absolute Gasteiger partial charge is 0.497 e. The third-order valence-corrected chi connectivity index (χ3v) is 5.42. The second-order valence-corrected chi connectivity index (χ2v) is 8.01. The van der Waals surface area contributed by atoms with Crippen molar-refractivity contribution in [3.05, 3.63) is 64.7 Å². The summed E-state index contributed by atoms with van der Waals surface area (Å²) < 4.78 is 5.24. The van der Waals surface area contributed by atoms with Crippen molar-refractivity contribution < 1.29 is 14.3 Å². The lowest BCUT2D eigenvalue weighted by molar-refractivity contribution is -0.142. The van der Waals surface area contributed by atoms with Gasteiger partial charge in [-0.05, 0) is 23.8 Å². The van der Waals surface area contributed by atoms with Gasteiger partial charge in [0.1, 0.15) is 12.3 Å². The van der Waals surface area contributed by atoms with Crippen LogP contribution in [0, 0.1) is 5.92 Å². The highest BCUT2D eigenvalue weighted by Gasteiger charge is 2.34. The van der Waals surface area contributed by atoms with Crippen molar-refractivity contribution in [1.82, 2.24) is 9.91 Å². The van der Waals surface area contributed by atoms with E-state index in [-0.39, 0.29) is 30.3 Å². The molecule has 0 bridgehead atoms. The van der Waals surface area contributed by atoms with Gasteiger partial charge >= 0.3 is 0 Å². The van der Waals surface area contributed by atoms with Crippen molar-refractivity contribution in [2.24, 2.45) is 11.0 Å². The second kappa shape index (κ2) is 9.30. The van der Waals surface area contributed by atoms with Crippen molar-refractivity contribution >= 4 is 29.1 Å². The van der Waals surface area contributed by atoms with Crippen LogP contribution in [0.5, 0.6) is 5.75 Å². The number of carbonyl (C=O) groups is 2. The molecule has 3 rings (SSSR count). The van der Waals surface area contributed by atoms with E-state index < -0.39 is 0 Å². The Morgan fingerprint density at radius 1 is 1.20 bits per heavy atom. The molecule has 0 saturated carbocycles. The first-order chi connectivity index (χ1) is 14.3. The predicted octanol–water partition coefficient (Wildman–Crippen LogP) is 4.14. The number of hydrazone groups is 1. The van der Waals surface area contributed by atoms with Gasteiger partial charge < -0.3 is 9.64 Å². The Hall–Kier alpha value is -2.86. The number of ether oxygens (including phenoxy) is 1. The average molecular weight is 428 g/mol. The molecule has 2 amide bonds. The van der Waals surface area contributed by atoms with Crippen LogP contribution in [0.4, 0.5) is 0 Å². The highest BCUT2D eigenvalue weighted by molar-refractivity contribution is 6.34. The Bertz CT molecular complexity index is 956. The highest BCUT2D eigenvalue weighted by Crippen LogP contribution is 2.35. The second-order valence-electron chi connectivity index (χ2n) is 7.61. The predicted molar refractivity (Wildman–Crippen MR) is 118 cm³/mol. The SMILES string of the molecule is COc1ccc([C@@H]2CC(c3ccccc3Cl)=NN2C(=O)CN(C)C(=O)C(C)C)cc1. The summed E-state index contributed by atoms with van der Waals surface area (Å²) in [7, 11) is 3.25. The fourth-order valence-electron chi connectivity index (χ4n) is 3.48. The van der Waals surface area contributed by atoms with Gasteiger partial charge in [-0.15, -0.1) is 0 Å². The van der Waals surface area contributed by atoms with E-state index in [1.54, 1.807) is 20.2 Å². The van der Waals surface area contributed by atoms with Gasteiger partial charge in [0.05, 0.1) is 18.9 Å². The lowest BCUT2D eigenvalue weighted by Gasteiger charge is -2.25. The Balaban J connectivity index is 1.91. The number of hydrogen-bond donors (Lipinski definition) is 0. The van der Waals surface area contributed by atoms with Gasteiger partial charge in [-0.3, -0.25) is 9.59 Å². The topological polar surface area (TPSA) is 62.2 Å². The number of amides is 2. The van der Waals surface area contributed by atoms with Crippen LogP contribution in [0.1, 0.15) is 37.4 Å². The average Bonchev–Trinajstić information content (AvgIpc) is 3.18. The van der Waals surface area contributed by atoms with Gasteiger partial charge in [0.25, 0.3) is 5.91 Å². The minimum atomic E-state index is -0.280. The molecule has 7 heteroatoms. The number of likely N-dealkylation sites (N-methyl/N-ethyl adjacent to an activating group) is 1. The van der Waals surface area contributed by atoms with Gasteiger partial charge in [0.15, 0.2) is 0 Å². The molecule has 30 heavy (non-hydrogen) atoms. The summed E-state index contributed by atoms with van der Waals surface area (Å²) in [6.45, 7) is 3.59. The molecule has 2 aromatic carbocycles. The van der Waals surface area contributed by atoms with Crippen molar-refractivity contribution in [3.63, 3.8) is 0 Å². The third-order valence-electron chi connectivity index (χ3n) is 5.09. The van der Waals surface area contributed by atoms with E-state index in [1.165, 1.54) is 9.91 Å². The fraction of sp³-hybridized carbons (Fsp3) is 0.348. The molecule has 1 aliphatic rings. The first-order valence-electron chi connectivity index (χ1n) is 9.85. The molecule has 0 radical (unpaired) electrons. The molecule has 0 unspecified atom stereocenters. The standard InChI is InChI=1S/C23H26ClN3O3/c1-15(2)23(29)26(3)14-22(28)27-21(16-9-11-17(30-4)12-10-16)13-20(25-27)18-7-5-6-8-19(18)24/h5-12,15,21H,13-14H2,1-4H3/t21-/m0/s1. The van der Waals surface area contributed by atoms with Gasteiger partial charge in [-0.25, -0.2) is 5.01 Å². The number of halogens is 1. The smallest absolute Gasteiger partial charge is 0.262 e. The molecule has 0 aromatic heterocycles. The highest BCUT2D eigenvalue weighted by atomic mass is 35.5. The zero-order valence-electron chi connectivity index (χ0n) is 17.6. The quantitative estimate of drug-likeness (QED) is 0.696. The maximum atomic E-state index is 13.1. The lowest BCUT2D eigenvalue weighted by Crippen LogP contribution is -2.40. The van der Waals surface area contributed by atoms with Gasteiger partial charge in [0, 0.05) is 30.0 Å². The molecule has 1 heterocycles. The lowest BCUT2D eigenvalue weighted by atomic mass is 9.98. The van der Waals surface area contributed by atoms with Crippen LogP contribution < -0.4 is 4.74 Å². The number of methoxy groups -OCH3 is 1. The number of benzene rings is 2.